The van der Waals surface area contributed by atoms with Crippen molar-refractivity contribution in [3.63, 3.8) is 0 Å². The minimum absolute atomic E-state index is 0. The van der Waals surface area contributed by atoms with E-state index in [0.29, 0.717) is 29.9 Å². The van der Waals surface area contributed by atoms with E-state index in [0.717, 1.165) is 12.1 Å². The largest absolute Gasteiger partial charge is 0.467 e. The summed E-state index contributed by atoms with van der Waals surface area (Å²) in [6.07, 6.45) is -2.51. The molecule has 0 aliphatic heterocycles. The summed E-state index contributed by atoms with van der Waals surface area (Å²) in [6.45, 7) is 2.38. The summed E-state index contributed by atoms with van der Waals surface area (Å²) in [5, 5.41) is 2.72. The van der Waals surface area contributed by atoms with Gasteiger partial charge in [0.1, 0.15) is 12.0 Å². The van der Waals surface area contributed by atoms with Crippen molar-refractivity contribution in [1.82, 2.24) is 5.32 Å². The molecule has 0 saturated heterocycles. The van der Waals surface area contributed by atoms with Crippen LogP contribution in [0.25, 0.3) is 0 Å². The molecule has 25 heavy (non-hydrogen) atoms. The Bertz CT molecular complexity index is 701. The summed E-state index contributed by atoms with van der Waals surface area (Å²) < 4.78 is 43.3. The number of carbonyl (C=O) groups excluding carboxylic acids is 1. The van der Waals surface area contributed by atoms with Crippen molar-refractivity contribution in [2.75, 3.05) is 6.54 Å². The Morgan fingerprint density at radius 2 is 2.04 bits per heavy atom. The second kappa shape index (κ2) is 8.92. The number of furan rings is 1. The van der Waals surface area contributed by atoms with Crippen LogP contribution in [0.15, 0.2) is 41.0 Å². The number of nitrogens with one attached hydrogen (secondary N) is 1. The smallest absolute Gasteiger partial charge is 0.416 e. The van der Waals surface area contributed by atoms with E-state index in [-0.39, 0.29) is 30.8 Å². The highest BCUT2D eigenvalue weighted by Gasteiger charge is 2.30. The van der Waals surface area contributed by atoms with Crippen molar-refractivity contribution < 1.29 is 22.4 Å². The molecule has 0 fully saturated rings. The molecule has 1 aromatic carbocycles. The van der Waals surface area contributed by atoms with Gasteiger partial charge in [-0.3, -0.25) is 4.79 Å². The molecule has 1 unspecified atom stereocenters. The normalized spacial score (nSPS) is 12.4. The number of hydrogen-bond donors (Lipinski definition) is 2. The highest BCUT2D eigenvalue weighted by atomic mass is 35.5. The van der Waals surface area contributed by atoms with Crippen LogP contribution >= 0.6 is 12.4 Å². The Morgan fingerprint density at radius 1 is 1.32 bits per heavy atom. The van der Waals surface area contributed by atoms with Gasteiger partial charge in [-0.2, -0.15) is 13.2 Å². The van der Waals surface area contributed by atoms with Crippen molar-refractivity contribution in [3.05, 3.63) is 59.0 Å². The molecule has 1 amide bonds. The van der Waals surface area contributed by atoms with Crippen molar-refractivity contribution in [2.45, 2.75) is 32.0 Å². The zero-order valence-corrected chi connectivity index (χ0v) is 14.4. The number of nitrogens with two attached hydrogens (primary N) is 1. The Kier molecular flexibility index (Phi) is 7.51. The number of halogens is 4. The molecule has 2 rings (SSSR count). The molecule has 0 spiro atoms. The van der Waals surface area contributed by atoms with E-state index in [1.807, 2.05) is 6.92 Å². The maximum absolute atomic E-state index is 12.7. The highest BCUT2D eigenvalue weighted by molar-refractivity contribution is 5.93. The van der Waals surface area contributed by atoms with Gasteiger partial charge in [0.05, 0.1) is 17.7 Å². The third-order valence-electron chi connectivity index (χ3n) is 3.76. The van der Waals surface area contributed by atoms with Crippen LogP contribution in [0.2, 0.25) is 0 Å². The lowest BCUT2D eigenvalue weighted by Gasteiger charge is -2.14. The number of benzene rings is 1. The molecule has 0 bridgehead atoms. The molecular formula is C17H20ClF3N2O2. The van der Waals surface area contributed by atoms with Crippen LogP contribution in [0.1, 0.15) is 46.5 Å². The third-order valence-corrected chi connectivity index (χ3v) is 3.76. The van der Waals surface area contributed by atoms with Crippen LogP contribution in [0.5, 0.6) is 0 Å². The number of amides is 1. The van der Waals surface area contributed by atoms with Crippen LogP contribution in [-0.4, -0.2) is 12.5 Å². The monoisotopic (exact) mass is 376 g/mol. The van der Waals surface area contributed by atoms with E-state index < -0.39 is 11.7 Å². The Balaban J connectivity index is 0.00000312. The SMILES string of the molecule is CC(CCNC(=O)c1coc(CN)c1)c1cccc(C(F)(F)F)c1.Cl. The van der Waals surface area contributed by atoms with Gasteiger partial charge in [-0.15, -0.1) is 12.4 Å². The van der Waals surface area contributed by atoms with Gasteiger partial charge >= 0.3 is 6.18 Å². The fourth-order valence-corrected chi connectivity index (χ4v) is 2.30. The average Bonchev–Trinajstić information content (AvgIpc) is 3.03. The van der Waals surface area contributed by atoms with Crippen LogP contribution in [0.3, 0.4) is 0 Å². The molecule has 0 radical (unpaired) electrons. The standard InChI is InChI=1S/C17H19F3N2O2.ClH/c1-11(12-3-2-4-14(7-12)17(18,19)20)5-6-22-16(23)13-8-15(9-21)24-10-13;/h2-4,7-8,10-11H,5-6,9,21H2,1H3,(H,22,23);1H. The molecule has 1 heterocycles. The predicted molar refractivity (Wildman–Crippen MR) is 90.7 cm³/mol. The lowest BCUT2D eigenvalue weighted by atomic mass is 9.96. The van der Waals surface area contributed by atoms with E-state index >= 15 is 0 Å². The van der Waals surface area contributed by atoms with Gasteiger partial charge in [0.2, 0.25) is 0 Å². The summed E-state index contributed by atoms with van der Waals surface area (Å²) >= 11 is 0. The third kappa shape index (κ3) is 5.79. The van der Waals surface area contributed by atoms with Crippen LogP contribution < -0.4 is 11.1 Å². The summed E-state index contributed by atoms with van der Waals surface area (Å²) in [5.74, 6) is 0.101. The first kappa shape index (κ1) is 21.1. The maximum Gasteiger partial charge on any atom is 0.416 e. The molecule has 138 valence electrons. The van der Waals surface area contributed by atoms with Crippen molar-refractivity contribution in [1.29, 1.82) is 0 Å². The minimum Gasteiger partial charge on any atom is -0.467 e. The molecule has 0 aliphatic carbocycles. The van der Waals surface area contributed by atoms with Crippen molar-refractivity contribution in [2.24, 2.45) is 5.73 Å². The van der Waals surface area contributed by atoms with Gasteiger partial charge in [0.25, 0.3) is 5.91 Å². The number of alkyl halides is 3. The Morgan fingerprint density at radius 3 is 2.64 bits per heavy atom. The fourth-order valence-electron chi connectivity index (χ4n) is 2.30. The molecule has 1 atom stereocenters. The zero-order chi connectivity index (χ0) is 17.7. The first-order valence-corrected chi connectivity index (χ1v) is 7.54. The molecule has 0 saturated carbocycles. The van der Waals surface area contributed by atoms with Crippen LogP contribution in [0, 0.1) is 0 Å². The van der Waals surface area contributed by atoms with E-state index in [1.54, 1.807) is 12.1 Å². The number of carbonyl (C=O) groups is 1. The number of rotatable bonds is 6. The molecule has 3 N–H and O–H groups in total. The molecule has 1 aromatic heterocycles. The van der Waals surface area contributed by atoms with E-state index in [4.69, 9.17) is 10.2 Å². The Hall–Kier alpha value is -1.99. The summed E-state index contributed by atoms with van der Waals surface area (Å²) in [6, 6.07) is 6.81. The lowest BCUT2D eigenvalue weighted by Crippen LogP contribution is -2.25. The number of hydrogen-bond acceptors (Lipinski definition) is 3. The van der Waals surface area contributed by atoms with Crippen molar-refractivity contribution in [3.8, 4) is 0 Å². The fraction of sp³-hybridized carbons (Fsp3) is 0.353. The van der Waals surface area contributed by atoms with Gasteiger partial charge in [0.15, 0.2) is 0 Å². The van der Waals surface area contributed by atoms with E-state index in [9.17, 15) is 18.0 Å². The van der Waals surface area contributed by atoms with Gasteiger partial charge in [0, 0.05) is 6.54 Å². The molecule has 4 nitrogen and oxygen atoms in total. The van der Waals surface area contributed by atoms with Gasteiger partial charge < -0.3 is 15.5 Å². The predicted octanol–water partition coefficient (Wildman–Crippen LogP) is 4.10. The first-order valence-electron chi connectivity index (χ1n) is 7.54. The average molecular weight is 377 g/mol. The lowest BCUT2D eigenvalue weighted by molar-refractivity contribution is -0.137. The molecule has 8 heteroatoms. The summed E-state index contributed by atoms with van der Waals surface area (Å²) in [4.78, 5) is 11.9. The van der Waals surface area contributed by atoms with E-state index in [2.05, 4.69) is 5.32 Å². The van der Waals surface area contributed by atoms with E-state index in [1.165, 1.54) is 12.3 Å². The Labute approximate surface area is 150 Å². The van der Waals surface area contributed by atoms with Gasteiger partial charge in [-0.25, -0.2) is 0 Å². The topological polar surface area (TPSA) is 68.3 Å². The molecular weight excluding hydrogens is 357 g/mol. The summed E-state index contributed by atoms with van der Waals surface area (Å²) in [7, 11) is 0. The first-order chi connectivity index (χ1) is 11.3. The van der Waals surface area contributed by atoms with Crippen LogP contribution in [-0.2, 0) is 12.7 Å². The quantitative estimate of drug-likeness (QED) is 0.797. The maximum atomic E-state index is 12.7. The summed E-state index contributed by atoms with van der Waals surface area (Å²) in [5.41, 5.74) is 5.71. The molecule has 2 aromatic rings. The zero-order valence-electron chi connectivity index (χ0n) is 13.6. The van der Waals surface area contributed by atoms with Gasteiger partial charge in [-0.1, -0.05) is 25.1 Å². The van der Waals surface area contributed by atoms with Crippen molar-refractivity contribution >= 4 is 18.3 Å². The minimum atomic E-state index is -4.36. The second-order valence-electron chi connectivity index (χ2n) is 5.57. The van der Waals surface area contributed by atoms with Gasteiger partial charge in [-0.05, 0) is 30.0 Å². The second-order valence-corrected chi connectivity index (χ2v) is 5.57. The molecule has 0 aliphatic rings. The highest BCUT2D eigenvalue weighted by Crippen LogP contribution is 2.31. The van der Waals surface area contributed by atoms with Crippen LogP contribution in [0.4, 0.5) is 13.2 Å².